The molecule has 43 heavy (non-hydrogen) atoms. The van der Waals surface area contributed by atoms with Gasteiger partial charge in [0.05, 0.1) is 0 Å². The van der Waals surface area contributed by atoms with Crippen LogP contribution in [0.15, 0.2) is 60.8 Å². The largest absolute Gasteiger partial charge is 0.463 e. The highest BCUT2D eigenvalue weighted by Gasteiger charge is 2.11. The van der Waals surface area contributed by atoms with Crippen LogP contribution < -0.4 is 0 Å². The smallest absolute Gasteiger partial charge is 0.305 e. The summed E-state index contributed by atoms with van der Waals surface area (Å²) in [4.78, 5) is 23.8. The molecule has 5 heteroatoms. The van der Waals surface area contributed by atoms with Gasteiger partial charge in [-0.3, -0.25) is 9.59 Å². The molecule has 0 heterocycles. The molecule has 1 atom stereocenters. The molecule has 0 aliphatic carbocycles. The van der Waals surface area contributed by atoms with E-state index < -0.39 is 6.10 Å². The van der Waals surface area contributed by atoms with Gasteiger partial charge in [-0.1, -0.05) is 113 Å². The Hall–Kier alpha value is -2.40. The third-order valence-corrected chi connectivity index (χ3v) is 6.98. The Morgan fingerprint density at radius 3 is 1.23 bits per heavy atom. The van der Waals surface area contributed by atoms with E-state index in [2.05, 4.69) is 74.6 Å². The highest BCUT2D eigenvalue weighted by Crippen LogP contribution is 2.07. The first-order valence-corrected chi connectivity index (χ1v) is 17.3. The second-order valence-electron chi connectivity index (χ2n) is 11.3. The Balaban J connectivity index is 3.60. The first-order chi connectivity index (χ1) is 21.1. The van der Waals surface area contributed by atoms with Gasteiger partial charge < -0.3 is 14.6 Å². The van der Waals surface area contributed by atoms with Crippen molar-refractivity contribution < 1.29 is 24.2 Å². The minimum absolute atomic E-state index is 0.147. The van der Waals surface area contributed by atoms with E-state index in [4.69, 9.17) is 9.47 Å². The Bertz CT molecular complexity index is 777. The lowest BCUT2D eigenvalue weighted by atomic mass is 10.1. The first kappa shape index (κ1) is 40.6. The summed E-state index contributed by atoms with van der Waals surface area (Å²) in [5.41, 5.74) is 0. The fourth-order valence-electron chi connectivity index (χ4n) is 4.30. The number of rotatable bonds is 30. The van der Waals surface area contributed by atoms with Crippen molar-refractivity contribution in [1.29, 1.82) is 0 Å². The number of carbonyl (C=O) groups is 2. The van der Waals surface area contributed by atoms with Crippen LogP contribution in [0.1, 0.15) is 149 Å². The predicted molar refractivity (Wildman–Crippen MR) is 182 cm³/mol. The molecule has 0 aromatic heterocycles. The molecule has 0 amide bonds. The lowest BCUT2D eigenvalue weighted by Crippen LogP contribution is -2.25. The van der Waals surface area contributed by atoms with Gasteiger partial charge in [0, 0.05) is 12.8 Å². The van der Waals surface area contributed by atoms with Gasteiger partial charge in [-0.05, 0) is 83.5 Å². The maximum atomic E-state index is 11.9. The number of esters is 2. The zero-order chi connectivity index (χ0) is 31.5. The second kappa shape index (κ2) is 34.1. The highest BCUT2D eigenvalue weighted by atomic mass is 16.6. The van der Waals surface area contributed by atoms with Crippen molar-refractivity contribution in [2.24, 2.45) is 0 Å². The standard InChI is InChI=1S/C38H64O5/c1-3-5-7-9-11-13-15-17-19-21-23-25-27-29-31-33-38(41)43-35-36(39)34-42-37(40)32-30-28-26-24-22-20-18-16-14-12-10-8-6-4-2/h11,13,16-19,22-25,36,39H,3-10,12,14-15,20-21,26-35H2,1-2H3/t36-/m0/s1. The van der Waals surface area contributed by atoms with E-state index in [1.807, 2.05) is 0 Å². The van der Waals surface area contributed by atoms with Gasteiger partial charge in [0.1, 0.15) is 19.3 Å². The summed E-state index contributed by atoms with van der Waals surface area (Å²) in [6, 6.07) is 0. The summed E-state index contributed by atoms with van der Waals surface area (Å²) in [5, 5.41) is 9.96. The summed E-state index contributed by atoms with van der Waals surface area (Å²) in [6.07, 6.45) is 42.7. The predicted octanol–water partition coefficient (Wildman–Crippen LogP) is 10.4. The van der Waals surface area contributed by atoms with Gasteiger partial charge in [-0.2, -0.15) is 0 Å². The van der Waals surface area contributed by atoms with E-state index in [0.717, 1.165) is 57.8 Å². The van der Waals surface area contributed by atoms with Crippen molar-refractivity contribution >= 4 is 11.9 Å². The quantitative estimate of drug-likeness (QED) is 0.0504. The van der Waals surface area contributed by atoms with E-state index in [1.165, 1.54) is 64.2 Å². The molecule has 0 fully saturated rings. The van der Waals surface area contributed by atoms with E-state index in [1.54, 1.807) is 0 Å². The molecule has 0 unspecified atom stereocenters. The van der Waals surface area contributed by atoms with E-state index >= 15 is 0 Å². The van der Waals surface area contributed by atoms with Gasteiger partial charge >= 0.3 is 11.9 Å². The maximum Gasteiger partial charge on any atom is 0.305 e. The second-order valence-corrected chi connectivity index (χ2v) is 11.3. The summed E-state index contributed by atoms with van der Waals surface area (Å²) in [6.45, 7) is 4.17. The third kappa shape index (κ3) is 34.0. The van der Waals surface area contributed by atoms with Gasteiger partial charge in [0.2, 0.25) is 0 Å². The Labute approximate surface area is 264 Å². The average Bonchev–Trinajstić information content (AvgIpc) is 3.01. The van der Waals surface area contributed by atoms with Gasteiger partial charge in [-0.15, -0.1) is 0 Å². The number of unbranched alkanes of at least 4 members (excludes halogenated alkanes) is 12. The monoisotopic (exact) mass is 600 g/mol. The fourth-order valence-corrected chi connectivity index (χ4v) is 4.30. The molecule has 0 aliphatic heterocycles. The summed E-state index contributed by atoms with van der Waals surface area (Å²) in [7, 11) is 0. The first-order valence-electron chi connectivity index (χ1n) is 17.3. The molecule has 5 nitrogen and oxygen atoms in total. The molecule has 0 aliphatic rings. The molecule has 0 bridgehead atoms. The van der Waals surface area contributed by atoms with Crippen molar-refractivity contribution in [2.45, 2.75) is 155 Å². The summed E-state index contributed by atoms with van der Waals surface area (Å²) >= 11 is 0. The van der Waals surface area contributed by atoms with Crippen molar-refractivity contribution in [1.82, 2.24) is 0 Å². The zero-order valence-electron chi connectivity index (χ0n) is 27.7. The zero-order valence-corrected chi connectivity index (χ0v) is 27.7. The van der Waals surface area contributed by atoms with Crippen LogP contribution in [0.5, 0.6) is 0 Å². The molecule has 0 spiro atoms. The summed E-state index contributed by atoms with van der Waals surface area (Å²) < 4.78 is 10.2. The van der Waals surface area contributed by atoms with Crippen LogP contribution in [0, 0.1) is 0 Å². The normalized spacial score (nSPS) is 12.9. The Kier molecular flexibility index (Phi) is 32.2. The van der Waals surface area contributed by atoms with Gasteiger partial charge in [0.15, 0.2) is 0 Å². The number of aliphatic hydroxyl groups excluding tert-OH is 1. The minimum atomic E-state index is -0.993. The number of carbonyl (C=O) groups excluding carboxylic acids is 2. The molecular formula is C38H64O5. The van der Waals surface area contributed by atoms with Crippen LogP contribution in [-0.2, 0) is 19.1 Å². The molecule has 0 aromatic carbocycles. The maximum absolute atomic E-state index is 11.9. The molecule has 0 saturated carbocycles. The Morgan fingerprint density at radius 1 is 0.488 bits per heavy atom. The number of hydrogen-bond donors (Lipinski definition) is 1. The topological polar surface area (TPSA) is 72.8 Å². The van der Waals surface area contributed by atoms with Crippen molar-refractivity contribution in [3.8, 4) is 0 Å². The van der Waals surface area contributed by atoms with Crippen LogP contribution in [0.2, 0.25) is 0 Å². The van der Waals surface area contributed by atoms with Crippen LogP contribution in [0.25, 0.3) is 0 Å². The Morgan fingerprint density at radius 2 is 0.814 bits per heavy atom. The molecule has 246 valence electrons. The van der Waals surface area contributed by atoms with Gasteiger partial charge in [0.25, 0.3) is 0 Å². The van der Waals surface area contributed by atoms with Crippen LogP contribution in [0.3, 0.4) is 0 Å². The molecule has 0 saturated heterocycles. The molecular weight excluding hydrogens is 536 g/mol. The van der Waals surface area contributed by atoms with E-state index in [-0.39, 0.29) is 25.2 Å². The number of allylic oxidation sites excluding steroid dienone is 10. The molecule has 0 rings (SSSR count). The van der Waals surface area contributed by atoms with Crippen LogP contribution >= 0.6 is 0 Å². The van der Waals surface area contributed by atoms with Crippen molar-refractivity contribution in [3.05, 3.63) is 60.8 Å². The summed E-state index contributed by atoms with van der Waals surface area (Å²) in [5.74, 6) is -0.652. The SMILES string of the molecule is CCCCCC=CCC=CCC=CCCCCC(=O)OC[C@@H](O)COC(=O)CCCCC=CCC=CCCCCCCC. The average molecular weight is 601 g/mol. The van der Waals surface area contributed by atoms with E-state index in [0.29, 0.717) is 12.8 Å². The number of aliphatic hydroxyl groups is 1. The van der Waals surface area contributed by atoms with E-state index in [9.17, 15) is 14.7 Å². The van der Waals surface area contributed by atoms with Crippen LogP contribution in [-0.4, -0.2) is 36.4 Å². The van der Waals surface area contributed by atoms with Crippen LogP contribution in [0.4, 0.5) is 0 Å². The molecule has 0 aromatic rings. The minimum Gasteiger partial charge on any atom is -0.463 e. The van der Waals surface area contributed by atoms with Crippen molar-refractivity contribution in [3.63, 3.8) is 0 Å². The lowest BCUT2D eigenvalue weighted by Gasteiger charge is -2.12. The van der Waals surface area contributed by atoms with Gasteiger partial charge in [-0.25, -0.2) is 0 Å². The molecule has 1 N–H and O–H groups in total. The number of ether oxygens (including phenoxy) is 2. The third-order valence-electron chi connectivity index (χ3n) is 6.98. The fraction of sp³-hybridized carbons (Fsp3) is 0.684. The molecule has 0 radical (unpaired) electrons. The lowest BCUT2D eigenvalue weighted by molar-refractivity contribution is -0.152. The highest BCUT2D eigenvalue weighted by molar-refractivity contribution is 5.69. The van der Waals surface area contributed by atoms with Crippen molar-refractivity contribution in [2.75, 3.05) is 13.2 Å². The number of hydrogen-bond acceptors (Lipinski definition) is 5.